The summed E-state index contributed by atoms with van der Waals surface area (Å²) in [7, 11) is 0. The van der Waals surface area contributed by atoms with Crippen LogP contribution in [-0.4, -0.2) is 4.57 Å². The van der Waals surface area contributed by atoms with Crippen molar-refractivity contribution in [3.63, 3.8) is 0 Å². The molecule has 0 fully saturated rings. The van der Waals surface area contributed by atoms with Crippen molar-refractivity contribution in [1.82, 2.24) is 4.57 Å². The van der Waals surface area contributed by atoms with Gasteiger partial charge in [-0.3, -0.25) is 0 Å². The van der Waals surface area contributed by atoms with E-state index in [1.807, 2.05) is 0 Å². The van der Waals surface area contributed by atoms with Crippen LogP contribution in [0.25, 0.3) is 70.9 Å². The van der Waals surface area contributed by atoms with Crippen molar-refractivity contribution in [2.24, 2.45) is 0 Å². The first-order valence-corrected chi connectivity index (χ1v) is 22.1. The van der Waals surface area contributed by atoms with E-state index in [1.54, 1.807) is 0 Å². The molecule has 0 unspecified atom stereocenters. The van der Waals surface area contributed by atoms with Gasteiger partial charge in [-0.15, -0.1) is 0 Å². The Morgan fingerprint density at radius 1 is 0.359 bits per heavy atom. The lowest BCUT2D eigenvalue weighted by molar-refractivity contribution is 0.435. The van der Waals surface area contributed by atoms with Crippen molar-refractivity contribution in [2.45, 2.75) is 5.41 Å². The number of hydrogen-bond acceptors (Lipinski definition) is 2. The summed E-state index contributed by atoms with van der Waals surface area (Å²) >= 11 is 0. The van der Waals surface area contributed by atoms with Crippen LogP contribution in [0.4, 0.5) is 17.1 Å². The van der Waals surface area contributed by atoms with Crippen molar-refractivity contribution in [3.8, 4) is 28.3 Å². The number of rotatable bonds is 4. The highest BCUT2D eigenvalue weighted by molar-refractivity contribution is 6.12. The lowest BCUT2D eigenvalue weighted by Crippen LogP contribution is -2.36. The lowest BCUT2D eigenvalue weighted by atomic mass is 9.58. The summed E-state index contributed by atoms with van der Waals surface area (Å²) in [5, 5.41) is 9.78. The number of anilines is 3. The summed E-state index contributed by atoms with van der Waals surface area (Å²) in [6, 6.07) is 84.7. The van der Waals surface area contributed by atoms with E-state index in [2.05, 4.69) is 240 Å². The van der Waals surface area contributed by atoms with Crippen molar-refractivity contribution < 1.29 is 4.74 Å². The van der Waals surface area contributed by atoms with Crippen molar-refractivity contribution >= 4 is 71.2 Å². The third kappa shape index (κ3) is 4.76. The molecule has 0 radical (unpaired) electrons. The average Bonchev–Trinajstić information content (AvgIpc) is 3.68. The van der Waals surface area contributed by atoms with Crippen molar-refractivity contribution in [3.05, 3.63) is 253 Å². The lowest BCUT2D eigenvalue weighted by Gasteiger charge is -2.45. The molecule has 0 amide bonds. The molecule has 1 aliphatic heterocycles. The van der Waals surface area contributed by atoms with Crippen LogP contribution in [0.5, 0.6) is 11.5 Å². The number of fused-ring (bicyclic) bond motifs is 13. The number of aromatic nitrogens is 1. The Balaban J connectivity index is 1.10. The molecule has 0 saturated heterocycles. The van der Waals surface area contributed by atoms with Gasteiger partial charge in [0.25, 0.3) is 0 Å². The normalized spacial score (nSPS) is 13.2. The van der Waals surface area contributed by atoms with Crippen LogP contribution in [0.2, 0.25) is 0 Å². The highest BCUT2D eigenvalue weighted by Gasteiger charge is 2.49. The molecule has 12 aromatic rings. The second-order valence-corrected chi connectivity index (χ2v) is 17.2. The second kappa shape index (κ2) is 13.3. The first-order chi connectivity index (χ1) is 31.8. The summed E-state index contributed by atoms with van der Waals surface area (Å²) < 4.78 is 9.26. The number of benzene rings is 11. The first-order valence-electron chi connectivity index (χ1n) is 22.1. The summed E-state index contributed by atoms with van der Waals surface area (Å²) in [6.07, 6.45) is 0. The molecule has 1 aromatic heterocycles. The fourth-order valence-corrected chi connectivity index (χ4v) is 11.4. The minimum Gasteiger partial charge on any atom is -0.457 e. The Morgan fingerprint density at radius 2 is 0.922 bits per heavy atom. The van der Waals surface area contributed by atoms with Crippen LogP contribution >= 0.6 is 0 Å². The van der Waals surface area contributed by atoms with E-state index in [1.165, 1.54) is 76.5 Å². The zero-order chi connectivity index (χ0) is 41.9. The van der Waals surface area contributed by atoms with Gasteiger partial charge in [-0.2, -0.15) is 0 Å². The van der Waals surface area contributed by atoms with E-state index in [0.29, 0.717) is 0 Å². The van der Waals surface area contributed by atoms with Gasteiger partial charge >= 0.3 is 0 Å². The minimum atomic E-state index is -0.667. The molecular weight excluding hydrogens is 777 g/mol. The summed E-state index contributed by atoms with van der Waals surface area (Å²) in [4.78, 5) is 2.49. The van der Waals surface area contributed by atoms with E-state index in [9.17, 15) is 0 Å². The Labute approximate surface area is 370 Å². The minimum absolute atomic E-state index is 0.667. The molecule has 11 aromatic carbocycles. The molecule has 2 heterocycles. The molecule has 1 spiro atoms. The van der Waals surface area contributed by atoms with Gasteiger partial charge in [0.2, 0.25) is 0 Å². The molecule has 298 valence electrons. The molecule has 14 rings (SSSR count). The molecular formula is C61H38N2O. The molecule has 0 N–H and O–H groups in total. The molecule has 0 bridgehead atoms. The monoisotopic (exact) mass is 814 g/mol. The summed E-state index contributed by atoms with van der Waals surface area (Å²) in [5.74, 6) is 1.76. The van der Waals surface area contributed by atoms with Gasteiger partial charge in [0.15, 0.2) is 0 Å². The maximum atomic E-state index is 6.80. The largest absolute Gasteiger partial charge is 0.457 e. The molecule has 0 saturated carbocycles. The van der Waals surface area contributed by atoms with E-state index in [-0.39, 0.29) is 0 Å². The predicted molar refractivity (Wildman–Crippen MR) is 265 cm³/mol. The zero-order valence-corrected chi connectivity index (χ0v) is 34.7. The van der Waals surface area contributed by atoms with Gasteiger partial charge < -0.3 is 14.2 Å². The fraction of sp³-hybridized carbons (Fsp3) is 0.0164. The maximum absolute atomic E-state index is 6.80. The van der Waals surface area contributed by atoms with Crippen LogP contribution in [0, 0.1) is 0 Å². The Morgan fingerprint density at radius 3 is 1.73 bits per heavy atom. The standard InChI is InChI=1S/C61H38N2O/c1-3-21-44-39(15-1)17-13-29-54(44)62(43-34-36-48-47-23-5-8-28-56(47)63(57(48)38-43)55-30-14-18-40-16-2-4-22-45(40)55)42-33-35-46-49-24-11-19-41-20-12-27-52(60(41)49)61(53(46)37-42)50-25-6-9-31-58(50)64-59-32-10-7-26-51(59)61/h1-38H. The molecule has 3 heteroatoms. The average molecular weight is 815 g/mol. The van der Waals surface area contributed by atoms with Gasteiger partial charge in [-0.1, -0.05) is 176 Å². The number of para-hydroxylation sites is 3. The number of nitrogens with zero attached hydrogens (tertiary/aromatic N) is 2. The Kier molecular flexibility index (Phi) is 7.32. The van der Waals surface area contributed by atoms with Gasteiger partial charge in [0.05, 0.1) is 27.8 Å². The number of ether oxygens (including phenoxy) is 1. The molecule has 1 aliphatic carbocycles. The van der Waals surface area contributed by atoms with Crippen LogP contribution in [0.3, 0.4) is 0 Å². The van der Waals surface area contributed by atoms with Gasteiger partial charge in [0, 0.05) is 44.0 Å². The van der Waals surface area contributed by atoms with Crippen LogP contribution < -0.4 is 9.64 Å². The quantitative estimate of drug-likeness (QED) is 0.176. The Bertz CT molecular complexity index is 3850. The van der Waals surface area contributed by atoms with Crippen LogP contribution in [-0.2, 0) is 5.41 Å². The smallest absolute Gasteiger partial charge is 0.132 e. The maximum Gasteiger partial charge on any atom is 0.132 e. The van der Waals surface area contributed by atoms with E-state index < -0.39 is 5.41 Å². The van der Waals surface area contributed by atoms with Gasteiger partial charge in [-0.05, 0) is 98.4 Å². The summed E-state index contributed by atoms with van der Waals surface area (Å²) in [6.45, 7) is 0. The number of hydrogen-bond donors (Lipinski definition) is 0. The van der Waals surface area contributed by atoms with Crippen molar-refractivity contribution in [1.29, 1.82) is 0 Å². The van der Waals surface area contributed by atoms with Gasteiger partial charge in [0.1, 0.15) is 11.5 Å². The molecule has 3 nitrogen and oxygen atoms in total. The highest BCUT2D eigenvalue weighted by Crippen LogP contribution is 2.62. The fourth-order valence-electron chi connectivity index (χ4n) is 11.4. The van der Waals surface area contributed by atoms with E-state index >= 15 is 0 Å². The SMILES string of the molecule is c1ccc2c(c1)Oc1ccccc1C21c2cc(N(c3ccc4c5ccccc5n(-c5cccc6ccccc56)c4c3)c3cccc4ccccc34)ccc2-c2cccc3cccc1c23. The first kappa shape index (κ1) is 35.2. The molecule has 2 aliphatic rings. The second-order valence-electron chi connectivity index (χ2n) is 17.2. The highest BCUT2D eigenvalue weighted by atomic mass is 16.5. The third-order valence-corrected chi connectivity index (χ3v) is 14.0. The zero-order valence-electron chi connectivity index (χ0n) is 34.7. The molecule has 0 atom stereocenters. The summed E-state index contributed by atoms with van der Waals surface area (Å²) in [5.41, 5.74) is 13.4. The predicted octanol–water partition coefficient (Wildman–Crippen LogP) is 16.2. The Hall–Kier alpha value is -8.40. The topological polar surface area (TPSA) is 17.4 Å². The third-order valence-electron chi connectivity index (χ3n) is 14.0. The molecule has 64 heavy (non-hydrogen) atoms. The van der Waals surface area contributed by atoms with E-state index in [0.717, 1.165) is 45.2 Å². The van der Waals surface area contributed by atoms with Crippen molar-refractivity contribution in [2.75, 3.05) is 4.90 Å². The van der Waals surface area contributed by atoms with Crippen LogP contribution in [0.1, 0.15) is 22.3 Å². The van der Waals surface area contributed by atoms with E-state index in [4.69, 9.17) is 4.74 Å². The van der Waals surface area contributed by atoms with Crippen LogP contribution in [0.15, 0.2) is 231 Å². The van der Waals surface area contributed by atoms with Gasteiger partial charge in [-0.25, -0.2) is 0 Å².